The molecule has 0 fully saturated rings. The lowest BCUT2D eigenvalue weighted by Gasteiger charge is -2.12. The first-order valence-corrected chi connectivity index (χ1v) is 6.61. The molecule has 0 saturated carbocycles. The van der Waals surface area contributed by atoms with E-state index in [1.54, 1.807) is 23.5 Å². The summed E-state index contributed by atoms with van der Waals surface area (Å²) in [5.74, 6) is -0.424. The SMILES string of the molecule is CCc1ccc(C(N)c2cccc(F)c2Cl)s1. The summed E-state index contributed by atoms with van der Waals surface area (Å²) < 4.78 is 13.3. The zero-order chi connectivity index (χ0) is 12.4. The van der Waals surface area contributed by atoms with E-state index in [1.807, 2.05) is 12.1 Å². The van der Waals surface area contributed by atoms with Crippen LogP contribution in [-0.4, -0.2) is 0 Å². The second kappa shape index (κ2) is 5.17. The van der Waals surface area contributed by atoms with E-state index in [9.17, 15) is 4.39 Å². The predicted molar refractivity (Wildman–Crippen MR) is 71.1 cm³/mol. The number of thiophene rings is 1. The summed E-state index contributed by atoms with van der Waals surface area (Å²) in [6.45, 7) is 2.09. The van der Waals surface area contributed by atoms with Crippen molar-refractivity contribution in [3.05, 3.63) is 56.5 Å². The topological polar surface area (TPSA) is 26.0 Å². The first-order valence-electron chi connectivity index (χ1n) is 5.41. The highest BCUT2D eigenvalue weighted by Gasteiger charge is 2.16. The molecule has 0 aliphatic heterocycles. The van der Waals surface area contributed by atoms with Gasteiger partial charge in [-0.2, -0.15) is 0 Å². The van der Waals surface area contributed by atoms with Gasteiger partial charge in [-0.15, -0.1) is 11.3 Å². The summed E-state index contributed by atoms with van der Waals surface area (Å²) in [5.41, 5.74) is 6.75. The third-order valence-electron chi connectivity index (χ3n) is 2.65. The fourth-order valence-electron chi connectivity index (χ4n) is 1.67. The van der Waals surface area contributed by atoms with Crippen LogP contribution in [0.1, 0.15) is 28.3 Å². The second-order valence-corrected chi connectivity index (χ2v) is 5.36. The molecule has 0 spiro atoms. The van der Waals surface area contributed by atoms with Crippen LogP contribution in [-0.2, 0) is 6.42 Å². The number of halogens is 2. The van der Waals surface area contributed by atoms with Crippen molar-refractivity contribution in [1.29, 1.82) is 0 Å². The van der Waals surface area contributed by atoms with Crippen LogP contribution in [0.25, 0.3) is 0 Å². The normalized spacial score (nSPS) is 12.7. The van der Waals surface area contributed by atoms with Gasteiger partial charge < -0.3 is 5.73 Å². The Morgan fingerprint density at radius 1 is 1.35 bits per heavy atom. The standard InChI is InChI=1S/C13H13ClFNS/c1-2-8-6-7-11(17-8)13(16)9-4-3-5-10(15)12(9)14/h3-7,13H,2,16H2,1H3. The third kappa shape index (κ3) is 2.51. The molecule has 90 valence electrons. The van der Waals surface area contributed by atoms with E-state index in [4.69, 9.17) is 17.3 Å². The molecule has 1 unspecified atom stereocenters. The first-order chi connectivity index (χ1) is 8.13. The van der Waals surface area contributed by atoms with Crippen LogP contribution in [0, 0.1) is 5.82 Å². The van der Waals surface area contributed by atoms with Crippen LogP contribution >= 0.6 is 22.9 Å². The minimum absolute atomic E-state index is 0.117. The Labute approximate surface area is 109 Å². The lowest BCUT2D eigenvalue weighted by atomic mass is 10.1. The molecule has 2 aromatic rings. The molecule has 0 radical (unpaired) electrons. The second-order valence-electron chi connectivity index (χ2n) is 3.78. The maximum absolute atomic E-state index is 13.3. The Morgan fingerprint density at radius 2 is 2.12 bits per heavy atom. The van der Waals surface area contributed by atoms with Crippen molar-refractivity contribution in [3.8, 4) is 0 Å². The molecule has 17 heavy (non-hydrogen) atoms. The maximum Gasteiger partial charge on any atom is 0.142 e. The van der Waals surface area contributed by atoms with E-state index in [0.29, 0.717) is 5.56 Å². The van der Waals surface area contributed by atoms with E-state index < -0.39 is 5.82 Å². The van der Waals surface area contributed by atoms with Gasteiger partial charge in [0, 0.05) is 9.75 Å². The predicted octanol–water partition coefficient (Wildman–Crippen LogP) is 4.15. The number of hydrogen-bond donors (Lipinski definition) is 1. The highest BCUT2D eigenvalue weighted by Crippen LogP contribution is 2.32. The third-order valence-corrected chi connectivity index (χ3v) is 4.37. The van der Waals surface area contributed by atoms with Gasteiger partial charge in [0.15, 0.2) is 0 Å². The molecule has 1 atom stereocenters. The molecule has 1 aromatic heterocycles. The Hall–Kier alpha value is -0.900. The van der Waals surface area contributed by atoms with Crippen molar-refractivity contribution >= 4 is 22.9 Å². The fourth-order valence-corrected chi connectivity index (χ4v) is 2.88. The van der Waals surface area contributed by atoms with Gasteiger partial charge in [-0.3, -0.25) is 0 Å². The molecular weight excluding hydrogens is 257 g/mol. The van der Waals surface area contributed by atoms with Gasteiger partial charge in [0.25, 0.3) is 0 Å². The van der Waals surface area contributed by atoms with Gasteiger partial charge >= 0.3 is 0 Å². The Morgan fingerprint density at radius 3 is 2.76 bits per heavy atom. The number of benzene rings is 1. The highest BCUT2D eigenvalue weighted by atomic mass is 35.5. The molecule has 0 aliphatic carbocycles. The summed E-state index contributed by atoms with van der Waals surface area (Å²) in [5, 5.41) is 0.117. The van der Waals surface area contributed by atoms with Crippen molar-refractivity contribution in [1.82, 2.24) is 0 Å². The average Bonchev–Trinajstić information content (AvgIpc) is 2.80. The van der Waals surface area contributed by atoms with Crippen LogP contribution in [0.5, 0.6) is 0 Å². The Bertz CT molecular complexity index is 524. The van der Waals surface area contributed by atoms with Gasteiger partial charge in [-0.1, -0.05) is 30.7 Å². The smallest absolute Gasteiger partial charge is 0.142 e. The Balaban J connectivity index is 2.36. The van der Waals surface area contributed by atoms with Crippen molar-refractivity contribution < 1.29 is 4.39 Å². The van der Waals surface area contributed by atoms with Crippen LogP contribution < -0.4 is 5.73 Å². The van der Waals surface area contributed by atoms with Crippen molar-refractivity contribution in [3.63, 3.8) is 0 Å². The fraction of sp³-hybridized carbons (Fsp3) is 0.231. The monoisotopic (exact) mass is 269 g/mol. The minimum Gasteiger partial charge on any atom is -0.320 e. The van der Waals surface area contributed by atoms with E-state index in [0.717, 1.165) is 11.3 Å². The van der Waals surface area contributed by atoms with Crippen molar-refractivity contribution in [2.75, 3.05) is 0 Å². The molecule has 1 nitrogen and oxygen atoms in total. The van der Waals surface area contributed by atoms with E-state index in [2.05, 4.69) is 6.92 Å². The lowest BCUT2D eigenvalue weighted by molar-refractivity contribution is 0.624. The zero-order valence-electron chi connectivity index (χ0n) is 9.41. The summed E-state index contributed by atoms with van der Waals surface area (Å²) in [6, 6.07) is 8.41. The quantitative estimate of drug-likeness (QED) is 0.890. The molecule has 2 N–H and O–H groups in total. The molecular formula is C13H13ClFNS. The number of nitrogens with two attached hydrogens (primary N) is 1. The molecule has 1 aromatic carbocycles. The number of rotatable bonds is 3. The lowest BCUT2D eigenvalue weighted by Crippen LogP contribution is -2.11. The summed E-state index contributed by atoms with van der Waals surface area (Å²) in [4.78, 5) is 2.28. The summed E-state index contributed by atoms with van der Waals surface area (Å²) in [7, 11) is 0. The maximum atomic E-state index is 13.3. The van der Waals surface area contributed by atoms with Crippen LogP contribution in [0.2, 0.25) is 5.02 Å². The van der Waals surface area contributed by atoms with E-state index in [1.165, 1.54) is 10.9 Å². The van der Waals surface area contributed by atoms with Crippen molar-refractivity contribution in [2.24, 2.45) is 5.73 Å². The van der Waals surface area contributed by atoms with Gasteiger partial charge in [0.05, 0.1) is 11.1 Å². The highest BCUT2D eigenvalue weighted by molar-refractivity contribution is 7.12. The molecule has 0 amide bonds. The van der Waals surface area contributed by atoms with E-state index >= 15 is 0 Å². The number of aryl methyl sites for hydroxylation is 1. The van der Waals surface area contributed by atoms with Crippen molar-refractivity contribution in [2.45, 2.75) is 19.4 Å². The molecule has 2 rings (SSSR count). The molecule has 4 heteroatoms. The Kier molecular flexibility index (Phi) is 3.82. The average molecular weight is 270 g/mol. The summed E-state index contributed by atoms with van der Waals surface area (Å²) in [6.07, 6.45) is 0.980. The minimum atomic E-state index is -0.424. The van der Waals surface area contributed by atoms with Crippen LogP contribution in [0.3, 0.4) is 0 Å². The first kappa shape index (κ1) is 12.6. The molecule has 0 bridgehead atoms. The molecule has 0 aliphatic rings. The van der Waals surface area contributed by atoms with Gasteiger partial charge in [0.1, 0.15) is 5.82 Å². The van der Waals surface area contributed by atoms with Gasteiger partial charge in [0.2, 0.25) is 0 Å². The zero-order valence-corrected chi connectivity index (χ0v) is 11.0. The van der Waals surface area contributed by atoms with Crippen LogP contribution in [0.4, 0.5) is 4.39 Å². The molecule has 1 heterocycles. The van der Waals surface area contributed by atoms with E-state index in [-0.39, 0.29) is 11.1 Å². The van der Waals surface area contributed by atoms with Crippen LogP contribution in [0.15, 0.2) is 30.3 Å². The molecule has 0 saturated heterocycles. The van der Waals surface area contributed by atoms with Gasteiger partial charge in [-0.25, -0.2) is 4.39 Å². The van der Waals surface area contributed by atoms with Gasteiger partial charge in [-0.05, 0) is 30.2 Å². The summed E-state index contributed by atoms with van der Waals surface area (Å²) >= 11 is 7.57. The largest absolute Gasteiger partial charge is 0.320 e. The number of hydrogen-bond acceptors (Lipinski definition) is 2.